The van der Waals surface area contributed by atoms with E-state index in [2.05, 4.69) is 23.1 Å². The molecule has 0 saturated heterocycles. The lowest BCUT2D eigenvalue weighted by Crippen LogP contribution is -2.26. The number of rotatable bonds is 6. The molecule has 0 spiro atoms. The molecule has 0 fully saturated rings. The molecule has 19 heavy (non-hydrogen) atoms. The highest BCUT2D eigenvalue weighted by atomic mass is 16.5. The maximum absolute atomic E-state index is 9.26. The summed E-state index contributed by atoms with van der Waals surface area (Å²) in [6, 6.07) is 14.3. The van der Waals surface area contributed by atoms with E-state index in [1.807, 2.05) is 31.3 Å². The van der Waals surface area contributed by atoms with Crippen molar-refractivity contribution in [3.05, 3.63) is 42.5 Å². The van der Waals surface area contributed by atoms with E-state index >= 15 is 0 Å². The number of benzene rings is 2. The van der Waals surface area contributed by atoms with Gasteiger partial charge in [-0.25, -0.2) is 0 Å². The van der Waals surface area contributed by atoms with E-state index in [9.17, 15) is 5.11 Å². The third-order valence-electron chi connectivity index (χ3n) is 3.12. The van der Waals surface area contributed by atoms with Gasteiger partial charge in [0, 0.05) is 11.9 Å². The fourth-order valence-electron chi connectivity index (χ4n) is 1.97. The molecule has 2 aromatic rings. The van der Waals surface area contributed by atoms with E-state index < -0.39 is 0 Å². The molecule has 0 aliphatic carbocycles. The van der Waals surface area contributed by atoms with Gasteiger partial charge in [-0.2, -0.15) is 0 Å². The second-order valence-corrected chi connectivity index (χ2v) is 4.97. The standard InChI is InChI=1S/C16H21NO2/c1-13(18)10-11-17(2)12-19-16-9-5-7-14-6-3-4-8-15(14)16/h3-9,13,18H,10-12H2,1-2H3. The zero-order chi connectivity index (χ0) is 13.7. The van der Waals surface area contributed by atoms with Crippen molar-refractivity contribution in [1.82, 2.24) is 4.90 Å². The van der Waals surface area contributed by atoms with Crippen molar-refractivity contribution < 1.29 is 9.84 Å². The van der Waals surface area contributed by atoms with E-state index in [-0.39, 0.29) is 6.10 Å². The summed E-state index contributed by atoms with van der Waals surface area (Å²) in [6.45, 7) is 3.16. The van der Waals surface area contributed by atoms with Crippen LogP contribution in [-0.2, 0) is 0 Å². The first-order valence-corrected chi connectivity index (χ1v) is 6.64. The minimum Gasteiger partial charge on any atom is -0.478 e. The fraction of sp³-hybridized carbons (Fsp3) is 0.375. The van der Waals surface area contributed by atoms with Gasteiger partial charge in [0.05, 0.1) is 6.10 Å². The first-order chi connectivity index (χ1) is 9.16. The van der Waals surface area contributed by atoms with Crippen LogP contribution in [0.1, 0.15) is 13.3 Å². The van der Waals surface area contributed by atoms with E-state index in [4.69, 9.17) is 4.74 Å². The first-order valence-electron chi connectivity index (χ1n) is 6.64. The van der Waals surface area contributed by atoms with Gasteiger partial charge in [-0.3, -0.25) is 4.90 Å². The first kappa shape index (κ1) is 13.8. The van der Waals surface area contributed by atoms with Crippen molar-refractivity contribution in [3.63, 3.8) is 0 Å². The van der Waals surface area contributed by atoms with Gasteiger partial charge in [-0.1, -0.05) is 36.4 Å². The Morgan fingerprint density at radius 2 is 1.89 bits per heavy atom. The number of aliphatic hydroxyl groups excluding tert-OH is 1. The number of hydrogen-bond donors (Lipinski definition) is 1. The van der Waals surface area contributed by atoms with Crippen LogP contribution in [0, 0.1) is 0 Å². The Morgan fingerprint density at radius 3 is 2.68 bits per heavy atom. The monoisotopic (exact) mass is 259 g/mol. The number of ether oxygens (including phenoxy) is 1. The Labute approximate surface area is 114 Å². The number of hydrogen-bond acceptors (Lipinski definition) is 3. The predicted molar refractivity (Wildman–Crippen MR) is 78.4 cm³/mol. The number of fused-ring (bicyclic) bond motifs is 1. The Hall–Kier alpha value is -1.58. The fourth-order valence-corrected chi connectivity index (χ4v) is 1.97. The highest BCUT2D eigenvalue weighted by molar-refractivity contribution is 5.88. The average molecular weight is 259 g/mol. The van der Waals surface area contributed by atoms with E-state index in [1.54, 1.807) is 6.92 Å². The highest BCUT2D eigenvalue weighted by Gasteiger charge is 2.04. The van der Waals surface area contributed by atoms with Crippen LogP contribution in [0.15, 0.2) is 42.5 Å². The molecule has 0 amide bonds. The minimum absolute atomic E-state index is 0.264. The highest BCUT2D eigenvalue weighted by Crippen LogP contribution is 2.25. The molecular weight excluding hydrogens is 238 g/mol. The third-order valence-corrected chi connectivity index (χ3v) is 3.12. The van der Waals surface area contributed by atoms with Gasteiger partial charge in [0.2, 0.25) is 0 Å². The van der Waals surface area contributed by atoms with Gasteiger partial charge in [0.25, 0.3) is 0 Å². The second-order valence-electron chi connectivity index (χ2n) is 4.97. The van der Waals surface area contributed by atoms with Gasteiger partial charge in [-0.05, 0) is 31.8 Å². The SMILES string of the molecule is CC(O)CCN(C)COc1cccc2ccccc12. The van der Waals surface area contributed by atoms with Crippen LogP contribution < -0.4 is 4.74 Å². The topological polar surface area (TPSA) is 32.7 Å². The average Bonchev–Trinajstić information content (AvgIpc) is 2.42. The molecule has 3 nitrogen and oxygen atoms in total. The van der Waals surface area contributed by atoms with Crippen LogP contribution in [0.25, 0.3) is 10.8 Å². The molecule has 0 radical (unpaired) electrons. The Balaban J connectivity index is 1.98. The number of nitrogens with zero attached hydrogens (tertiary/aromatic N) is 1. The Kier molecular flexibility index (Phi) is 4.77. The van der Waals surface area contributed by atoms with E-state index in [0.717, 1.165) is 24.1 Å². The van der Waals surface area contributed by atoms with Crippen molar-refractivity contribution in [2.24, 2.45) is 0 Å². The summed E-state index contributed by atoms with van der Waals surface area (Å²) < 4.78 is 5.86. The van der Waals surface area contributed by atoms with E-state index in [0.29, 0.717) is 6.73 Å². The molecule has 1 N–H and O–H groups in total. The predicted octanol–water partition coefficient (Wildman–Crippen LogP) is 2.88. The molecule has 0 aromatic heterocycles. The summed E-state index contributed by atoms with van der Waals surface area (Å²) in [6.07, 6.45) is 0.495. The molecule has 0 aliphatic rings. The third kappa shape index (κ3) is 3.94. The lowest BCUT2D eigenvalue weighted by atomic mass is 10.1. The second kappa shape index (κ2) is 6.55. The summed E-state index contributed by atoms with van der Waals surface area (Å²) in [7, 11) is 1.99. The summed E-state index contributed by atoms with van der Waals surface area (Å²) in [5.74, 6) is 0.905. The molecule has 2 aromatic carbocycles. The molecule has 0 saturated carbocycles. The lowest BCUT2D eigenvalue weighted by molar-refractivity contribution is 0.121. The zero-order valence-electron chi connectivity index (χ0n) is 11.5. The maximum Gasteiger partial charge on any atom is 0.141 e. The molecule has 0 bridgehead atoms. The van der Waals surface area contributed by atoms with Crippen LogP contribution >= 0.6 is 0 Å². The largest absolute Gasteiger partial charge is 0.478 e. The van der Waals surface area contributed by atoms with Crippen molar-refractivity contribution in [2.75, 3.05) is 20.3 Å². The van der Waals surface area contributed by atoms with Crippen LogP contribution in [0.4, 0.5) is 0 Å². The minimum atomic E-state index is -0.264. The number of aliphatic hydroxyl groups is 1. The van der Waals surface area contributed by atoms with Gasteiger partial charge < -0.3 is 9.84 Å². The van der Waals surface area contributed by atoms with Gasteiger partial charge in [-0.15, -0.1) is 0 Å². The molecule has 3 heteroatoms. The summed E-state index contributed by atoms with van der Waals surface area (Å²) in [5, 5.41) is 11.6. The molecule has 0 heterocycles. The summed E-state index contributed by atoms with van der Waals surface area (Å²) in [4.78, 5) is 2.06. The quantitative estimate of drug-likeness (QED) is 0.810. The van der Waals surface area contributed by atoms with Crippen LogP contribution in [0.2, 0.25) is 0 Å². The van der Waals surface area contributed by atoms with Crippen molar-refractivity contribution in [3.8, 4) is 5.75 Å². The van der Waals surface area contributed by atoms with E-state index in [1.165, 1.54) is 5.39 Å². The van der Waals surface area contributed by atoms with Gasteiger partial charge in [0.1, 0.15) is 12.5 Å². The van der Waals surface area contributed by atoms with Crippen molar-refractivity contribution in [2.45, 2.75) is 19.4 Å². The van der Waals surface area contributed by atoms with Crippen molar-refractivity contribution in [1.29, 1.82) is 0 Å². The molecule has 1 unspecified atom stereocenters. The zero-order valence-corrected chi connectivity index (χ0v) is 11.5. The van der Waals surface area contributed by atoms with Crippen LogP contribution in [0.5, 0.6) is 5.75 Å². The van der Waals surface area contributed by atoms with Gasteiger partial charge >= 0.3 is 0 Å². The maximum atomic E-state index is 9.26. The molecular formula is C16H21NO2. The van der Waals surface area contributed by atoms with Gasteiger partial charge in [0.15, 0.2) is 0 Å². The summed E-state index contributed by atoms with van der Waals surface area (Å²) in [5.41, 5.74) is 0. The Morgan fingerprint density at radius 1 is 1.16 bits per heavy atom. The normalized spacial score (nSPS) is 12.8. The molecule has 1 atom stereocenters. The van der Waals surface area contributed by atoms with Crippen LogP contribution in [-0.4, -0.2) is 36.4 Å². The molecule has 2 rings (SSSR count). The lowest BCUT2D eigenvalue weighted by Gasteiger charge is -2.18. The molecule has 0 aliphatic heterocycles. The summed E-state index contributed by atoms with van der Waals surface area (Å²) >= 11 is 0. The van der Waals surface area contributed by atoms with Crippen LogP contribution in [0.3, 0.4) is 0 Å². The molecule has 102 valence electrons. The smallest absolute Gasteiger partial charge is 0.141 e. The Bertz CT molecular complexity index is 520. The van der Waals surface area contributed by atoms with Crippen molar-refractivity contribution >= 4 is 10.8 Å².